The Morgan fingerprint density at radius 1 is 0.972 bits per heavy atom. The molecule has 3 aromatic rings. The monoisotopic (exact) mass is 489 g/mol. The number of phenols is 1. The van der Waals surface area contributed by atoms with Crippen molar-refractivity contribution >= 4 is 11.1 Å². The maximum absolute atomic E-state index is 12.6. The lowest BCUT2D eigenvalue weighted by Gasteiger charge is -2.37. The molecule has 6 nitrogen and oxygen atoms in total. The summed E-state index contributed by atoms with van der Waals surface area (Å²) in [6.45, 7) is 5.00. The molecule has 1 saturated heterocycles. The highest BCUT2D eigenvalue weighted by Gasteiger charge is 2.31. The maximum Gasteiger partial charge on any atom is 0.231 e. The van der Waals surface area contributed by atoms with E-state index in [9.17, 15) is 9.50 Å². The molecule has 3 heterocycles. The highest BCUT2D eigenvalue weighted by atomic mass is 19.1. The molecule has 3 aromatic carbocycles. The lowest BCUT2D eigenvalue weighted by molar-refractivity contribution is 0.0668. The number of nitrogens with zero attached hydrogens (tertiary/aromatic N) is 1. The number of alkyl halides is 1. The summed E-state index contributed by atoms with van der Waals surface area (Å²) in [5, 5.41) is 10.1. The number of hydrogen-bond acceptors (Lipinski definition) is 6. The average molecular weight is 490 g/mol. The van der Waals surface area contributed by atoms with Crippen LogP contribution in [0, 0.1) is 5.92 Å². The molecule has 7 heteroatoms. The minimum absolute atomic E-state index is 0.185. The minimum atomic E-state index is -0.352. The highest BCUT2D eigenvalue weighted by Crippen LogP contribution is 2.48. The minimum Gasteiger partial charge on any atom is -0.508 e. The molecule has 1 fully saturated rings. The van der Waals surface area contributed by atoms with E-state index in [-0.39, 0.29) is 31.2 Å². The SMILES string of the molecule is CC1=C(c2ccc3c(c2)OCO3)[C@@H](c2ccc(OCCN3CC(CF)C3)cc2)Oc2ccc(O)cc21. The van der Waals surface area contributed by atoms with E-state index in [1.54, 1.807) is 18.2 Å². The van der Waals surface area contributed by atoms with Crippen LogP contribution in [0.3, 0.4) is 0 Å². The van der Waals surface area contributed by atoms with Gasteiger partial charge in [-0.1, -0.05) is 18.2 Å². The van der Waals surface area contributed by atoms with Crippen molar-refractivity contribution < 1.29 is 28.4 Å². The average Bonchev–Trinajstić information content (AvgIpc) is 3.34. The van der Waals surface area contributed by atoms with Gasteiger partial charge in [-0.25, -0.2) is 0 Å². The van der Waals surface area contributed by atoms with E-state index >= 15 is 0 Å². The second-order valence-electron chi connectivity index (χ2n) is 9.48. The van der Waals surface area contributed by atoms with Crippen LogP contribution in [0.25, 0.3) is 11.1 Å². The normalized spacial score (nSPS) is 19.0. The zero-order valence-electron chi connectivity index (χ0n) is 20.1. The Morgan fingerprint density at radius 3 is 2.56 bits per heavy atom. The molecular weight excluding hydrogens is 461 g/mol. The van der Waals surface area contributed by atoms with Gasteiger partial charge in [-0.2, -0.15) is 0 Å². The number of halogens is 1. The van der Waals surface area contributed by atoms with Gasteiger partial charge in [-0.05, 0) is 66.1 Å². The number of allylic oxidation sites excluding steroid dienone is 1. The second kappa shape index (κ2) is 9.39. The summed E-state index contributed by atoms with van der Waals surface area (Å²) >= 11 is 0. The van der Waals surface area contributed by atoms with Crippen LogP contribution < -0.4 is 18.9 Å². The molecule has 3 aliphatic heterocycles. The molecule has 36 heavy (non-hydrogen) atoms. The Balaban J connectivity index is 1.26. The van der Waals surface area contributed by atoms with Crippen LogP contribution in [0.1, 0.15) is 29.7 Å². The quantitative estimate of drug-likeness (QED) is 0.475. The van der Waals surface area contributed by atoms with Gasteiger partial charge in [0.2, 0.25) is 6.79 Å². The summed E-state index contributed by atoms with van der Waals surface area (Å²) in [6, 6.07) is 19.0. The van der Waals surface area contributed by atoms with Crippen molar-refractivity contribution in [3.8, 4) is 28.7 Å². The predicted molar refractivity (Wildman–Crippen MR) is 134 cm³/mol. The summed E-state index contributed by atoms with van der Waals surface area (Å²) in [5.41, 5.74) is 4.84. The highest BCUT2D eigenvalue weighted by molar-refractivity contribution is 5.96. The molecule has 186 valence electrons. The van der Waals surface area contributed by atoms with Gasteiger partial charge in [0.15, 0.2) is 11.5 Å². The van der Waals surface area contributed by atoms with E-state index in [2.05, 4.69) is 11.8 Å². The van der Waals surface area contributed by atoms with Gasteiger partial charge >= 0.3 is 0 Å². The Bertz CT molecular complexity index is 1300. The smallest absolute Gasteiger partial charge is 0.231 e. The molecule has 1 N–H and O–H groups in total. The Morgan fingerprint density at radius 2 is 1.75 bits per heavy atom. The molecule has 0 aliphatic carbocycles. The molecule has 0 unspecified atom stereocenters. The largest absolute Gasteiger partial charge is 0.508 e. The van der Waals surface area contributed by atoms with Crippen molar-refractivity contribution in [2.75, 3.05) is 39.7 Å². The molecular formula is C29H28FNO5. The second-order valence-corrected chi connectivity index (χ2v) is 9.48. The number of hydrogen-bond donors (Lipinski definition) is 1. The zero-order chi connectivity index (χ0) is 24.6. The van der Waals surface area contributed by atoms with Crippen LogP contribution in [0.2, 0.25) is 0 Å². The van der Waals surface area contributed by atoms with Crippen molar-refractivity contribution in [2.45, 2.75) is 13.0 Å². The first kappa shape index (κ1) is 22.7. The number of phenolic OH excluding ortho intramolecular Hbond substituents is 1. The van der Waals surface area contributed by atoms with E-state index in [0.717, 1.165) is 64.7 Å². The number of fused-ring (bicyclic) bond motifs is 2. The fraction of sp³-hybridized carbons (Fsp3) is 0.310. The van der Waals surface area contributed by atoms with Crippen LogP contribution in [-0.4, -0.2) is 49.7 Å². The van der Waals surface area contributed by atoms with Crippen molar-refractivity contribution in [3.05, 3.63) is 77.4 Å². The van der Waals surface area contributed by atoms with Gasteiger partial charge in [0.05, 0.1) is 6.67 Å². The standard InChI is InChI=1S/C29H28FNO5/c1-18-24-13-22(32)5-9-25(24)36-29(28(18)21-4-8-26-27(12-21)35-17-34-26)20-2-6-23(7-3-20)33-11-10-31-15-19(14-30)16-31/h2-9,12-13,19,29,32H,10-11,14-17H2,1H3/t29-/m1/s1. The number of ether oxygens (including phenoxy) is 4. The van der Waals surface area contributed by atoms with Gasteiger partial charge in [0.1, 0.15) is 30.0 Å². The molecule has 3 aliphatic rings. The molecule has 0 aromatic heterocycles. The molecule has 0 bridgehead atoms. The first-order chi connectivity index (χ1) is 17.6. The predicted octanol–water partition coefficient (Wildman–Crippen LogP) is 5.47. The summed E-state index contributed by atoms with van der Waals surface area (Å²) in [5.74, 6) is 3.32. The van der Waals surface area contributed by atoms with E-state index in [1.807, 2.05) is 42.5 Å². The first-order valence-electron chi connectivity index (χ1n) is 12.2. The van der Waals surface area contributed by atoms with Crippen molar-refractivity contribution in [1.82, 2.24) is 4.90 Å². The zero-order valence-corrected chi connectivity index (χ0v) is 20.1. The molecule has 0 amide bonds. The van der Waals surface area contributed by atoms with Crippen LogP contribution in [0.5, 0.6) is 28.7 Å². The van der Waals surface area contributed by atoms with E-state index in [4.69, 9.17) is 18.9 Å². The Kier molecular flexibility index (Phi) is 5.93. The van der Waals surface area contributed by atoms with E-state index in [1.165, 1.54) is 0 Å². The molecule has 1 atom stereocenters. The van der Waals surface area contributed by atoms with Crippen LogP contribution in [0.15, 0.2) is 60.7 Å². The Labute approximate surface area is 209 Å². The first-order valence-corrected chi connectivity index (χ1v) is 12.2. The fourth-order valence-electron chi connectivity index (χ4n) is 5.10. The van der Waals surface area contributed by atoms with Crippen molar-refractivity contribution in [1.29, 1.82) is 0 Å². The topological polar surface area (TPSA) is 60.4 Å². The lowest BCUT2D eigenvalue weighted by atomic mass is 9.86. The van der Waals surface area contributed by atoms with Crippen molar-refractivity contribution in [3.63, 3.8) is 0 Å². The maximum atomic E-state index is 12.6. The molecule has 6 rings (SSSR count). The Hall–Kier alpha value is -3.71. The summed E-state index contributed by atoms with van der Waals surface area (Å²) in [7, 11) is 0. The fourth-order valence-corrected chi connectivity index (χ4v) is 5.10. The molecule has 0 saturated carbocycles. The van der Waals surface area contributed by atoms with Gasteiger partial charge in [0, 0.05) is 36.7 Å². The summed E-state index contributed by atoms with van der Waals surface area (Å²) in [6.07, 6.45) is -0.352. The van der Waals surface area contributed by atoms with Crippen LogP contribution in [0.4, 0.5) is 4.39 Å². The van der Waals surface area contributed by atoms with Gasteiger partial charge < -0.3 is 24.1 Å². The van der Waals surface area contributed by atoms with Crippen LogP contribution >= 0.6 is 0 Å². The van der Waals surface area contributed by atoms with Gasteiger partial charge in [-0.15, -0.1) is 0 Å². The third-order valence-corrected chi connectivity index (χ3v) is 7.07. The van der Waals surface area contributed by atoms with E-state index < -0.39 is 0 Å². The summed E-state index contributed by atoms with van der Waals surface area (Å²) < 4.78 is 36.2. The lowest BCUT2D eigenvalue weighted by Crippen LogP contribution is -2.49. The number of benzene rings is 3. The number of likely N-dealkylation sites (tertiary alicyclic amines) is 1. The van der Waals surface area contributed by atoms with Crippen molar-refractivity contribution in [2.24, 2.45) is 5.92 Å². The molecule has 0 spiro atoms. The van der Waals surface area contributed by atoms with Gasteiger partial charge in [-0.3, -0.25) is 9.29 Å². The molecule has 0 radical (unpaired) electrons. The van der Waals surface area contributed by atoms with Gasteiger partial charge in [0.25, 0.3) is 0 Å². The third-order valence-electron chi connectivity index (χ3n) is 7.07. The summed E-state index contributed by atoms with van der Waals surface area (Å²) in [4.78, 5) is 2.20. The van der Waals surface area contributed by atoms with E-state index in [0.29, 0.717) is 12.4 Å². The third kappa shape index (κ3) is 4.24. The number of aromatic hydroxyl groups is 1. The number of rotatable bonds is 7. The van der Waals surface area contributed by atoms with Crippen LogP contribution in [-0.2, 0) is 0 Å².